The molecule has 2 fully saturated rings. The number of methoxy groups -OCH3 is 2. The third-order valence-corrected chi connectivity index (χ3v) is 7.51. The summed E-state index contributed by atoms with van der Waals surface area (Å²) >= 11 is 6.06. The van der Waals surface area contributed by atoms with Gasteiger partial charge in [0.15, 0.2) is 0 Å². The Balaban J connectivity index is 1.39. The van der Waals surface area contributed by atoms with Gasteiger partial charge in [0.05, 0.1) is 19.9 Å². The fourth-order valence-corrected chi connectivity index (χ4v) is 5.57. The second-order valence-corrected chi connectivity index (χ2v) is 9.72. The molecule has 34 heavy (non-hydrogen) atoms. The zero-order valence-corrected chi connectivity index (χ0v) is 21.0. The lowest BCUT2D eigenvalue weighted by Gasteiger charge is -2.47. The summed E-state index contributed by atoms with van der Waals surface area (Å²) in [6.07, 6.45) is 2.46. The maximum atomic E-state index is 11.9. The number of anilines is 1. The van der Waals surface area contributed by atoms with Crippen LogP contribution in [0.15, 0.2) is 48.5 Å². The van der Waals surface area contributed by atoms with E-state index >= 15 is 0 Å². The summed E-state index contributed by atoms with van der Waals surface area (Å²) in [4.78, 5) is 19.5. The lowest BCUT2D eigenvalue weighted by Crippen LogP contribution is -2.56. The van der Waals surface area contributed by atoms with E-state index in [0.717, 1.165) is 69.4 Å². The summed E-state index contributed by atoms with van der Waals surface area (Å²) in [6, 6.07) is 16.9. The van der Waals surface area contributed by atoms with Crippen LogP contribution in [0.1, 0.15) is 24.8 Å². The highest BCUT2D eigenvalue weighted by atomic mass is 35.5. The molecule has 4 rings (SSSR count). The van der Waals surface area contributed by atoms with Crippen LogP contribution in [0.3, 0.4) is 0 Å². The molecule has 2 atom stereocenters. The van der Waals surface area contributed by atoms with E-state index in [1.807, 2.05) is 24.3 Å². The second kappa shape index (κ2) is 11.9. The Kier molecular flexibility index (Phi) is 8.70. The predicted molar refractivity (Wildman–Crippen MR) is 137 cm³/mol. The van der Waals surface area contributed by atoms with Gasteiger partial charge < -0.3 is 14.4 Å². The number of hydrogen-bond acceptors (Lipinski definition) is 6. The minimum absolute atomic E-state index is 0.116. The number of benzene rings is 2. The topological polar surface area (TPSA) is 45.2 Å². The molecule has 0 radical (unpaired) electrons. The molecule has 2 aromatic carbocycles. The lowest BCUT2D eigenvalue weighted by atomic mass is 9.86. The number of piperidine rings is 1. The van der Waals surface area contributed by atoms with Crippen LogP contribution >= 0.6 is 11.6 Å². The van der Waals surface area contributed by atoms with Crippen LogP contribution in [-0.4, -0.2) is 75.3 Å². The lowest BCUT2D eigenvalue weighted by molar-refractivity contribution is -0.141. The van der Waals surface area contributed by atoms with Crippen LogP contribution in [0.5, 0.6) is 5.75 Å². The third kappa shape index (κ3) is 6.23. The Morgan fingerprint density at radius 3 is 2.44 bits per heavy atom. The maximum Gasteiger partial charge on any atom is 0.305 e. The molecule has 2 saturated heterocycles. The molecular formula is C27H36ClN3O3. The number of hydrogen-bond donors (Lipinski definition) is 0. The van der Waals surface area contributed by atoms with Gasteiger partial charge in [-0.15, -0.1) is 0 Å². The SMILES string of the molecule is COC(=O)CC[C@@H]1CN(Cc2ccc(Cl)cc2)CC[C@@H]1N1CCN(c2ccccc2OC)CC1. The van der Waals surface area contributed by atoms with Crippen molar-refractivity contribution in [3.63, 3.8) is 0 Å². The average molecular weight is 486 g/mol. The second-order valence-electron chi connectivity index (χ2n) is 9.29. The van der Waals surface area contributed by atoms with Gasteiger partial charge >= 0.3 is 5.97 Å². The highest BCUT2D eigenvalue weighted by molar-refractivity contribution is 6.30. The first-order valence-corrected chi connectivity index (χ1v) is 12.6. The van der Waals surface area contributed by atoms with E-state index in [0.29, 0.717) is 18.4 Å². The number of likely N-dealkylation sites (tertiary alicyclic amines) is 1. The van der Waals surface area contributed by atoms with E-state index in [2.05, 4.69) is 39.0 Å². The largest absolute Gasteiger partial charge is 0.495 e. The normalized spacial score (nSPS) is 21.9. The van der Waals surface area contributed by atoms with Crippen LogP contribution in [0.4, 0.5) is 5.69 Å². The number of nitrogens with zero attached hydrogens (tertiary/aromatic N) is 3. The molecule has 184 valence electrons. The summed E-state index contributed by atoms with van der Waals surface area (Å²) in [5.41, 5.74) is 2.45. The van der Waals surface area contributed by atoms with Gasteiger partial charge in [0.25, 0.3) is 0 Å². The molecule has 0 unspecified atom stereocenters. The zero-order valence-electron chi connectivity index (χ0n) is 20.3. The summed E-state index contributed by atoms with van der Waals surface area (Å²) in [5.74, 6) is 1.26. The summed E-state index contributed by atoms with van der Waals surface area (Å²) in [7, 11) is 3.21. The fraction of sp³-hybridized carbons (Fsp3) is 0.519. The van der Waals surface area contributed by atoms with Crippen molar-refractivity contribution in [1.82, 2.24) is 9.80 Å². The van der Waals surface area contributed by atoms with Crippen LogP contribution in [-0.2, 0) is 16.1 Å². The van der Waals surface area contributed by atoms with Gasteiger partial charge in [-0.05, 0) is 55.1 Å². The molecule has 6 nitrogen and oxygen atoms in total. The van der Waals surface area contributed by atoms with Crippen molar-refractivity contribution in [2.24, 2.45) is 5.92 Å². The molecule has 0 saturated carbocycles. The quantitative estimate of drug-likeness (QED) is 0.519. The van der Waals surface area contributed by atoms with Crippen molar-refractivity contribution in [2.75, 3.05) is 58.4 Å². The van der Waals surface area contributed by atoms with Crippen LogP contribution < -0.4 is 9.64 Å². The van der Waals surface area contributed by atoms with Crippen molar-refractivity contribution in [1.29, 1.82) is 0 Å². The van der Waals surface area contributed by atoms with Gasteiger partial charge in [-0.2, -0.15) is 0 Å². The molecule has 0 N–H and O–H groups in total. The van der Waals surface area contributed by atoms with Gasteiger partial charge in [0.1, 0.15) is 5.75 Å². The standard InChI is InChI=1S/C27H36ClN3O3/c1-33-26-6-4-3-5-25(26)31-17-15-30(16-18-31)24-13-14-29(19-21-7-10-23(28)11-8-21)20-22(24)9-12-27(32)34-2/h3-8,10-11,22,24H,9,12-20H2,1-2H3/t22-,24+/m1/s1. The van der Waals surface area contributed by atoms with Crippen LogP contribution in [0.2, 0.25) is 5.02 Å². The monoisotopic (exact) mass is 485 g/mol. The third-order valence-electron chi connectivity index (χ3n) is 7.25. The molecule has 0 bridgehead atoms. The van der Waals surface area contributed by atoms with Crippen molar-refractivity contribution in [3.8, 4) is 5.75 Å². The summed E-state index contributed by atoms with van der Waals surface area (Å²) in [6.45, 7) is 6.99. The van der Waals surface area contributed by atoms with Crippen molar-refractivity contribution in [2.45, 2.75) is 31.8 Å². The summed E-state index contributed by atoms with van der Waals surface area (Å²) < 4.78 is 10.5. The van der Waals surface area contributed by atoms with Crippen molar-refractivity contribution >= 4 is 23.3 Å². The van der Waals surface area contributed by atoms with E-state index < -0.39 is 0 Å². The molecule has 0 aromatic heterocycles. The van der Waals surface area contributed by atoms with Gasteiger partial charge in [0, 0.05) is 56.8 Å². The number of esters is 1. The fourth-order valence-electron chi connectivity index (χ4n) is 5.44. The van der Waals surface area contributed by atoms with Gasteiger partial charge in [-0.1, -0.05) is 35.9 Å². The first kappa shape index (κ1) is 24.8. The minimum atomic E-state index is -0.116. The van der Waals surface area contributed by atoms with Crippen molar-refractivity contribution < 1.29 is 14.3 Å². The first-order chi connectivity index (χ1) is 16.6. The maximum absolute atomic E-state index is 11.9. The smallest absolute Gasteiger partial charge is 0.305 e. The van der Waals surface area contributed by atoms with Crippen LogP contribution in [0, 0.1) is 5.92 Å². The van der Waals surface area contributed by atoms with E-state index in [1.165, 1.54) is 18.4 Å². The van der Waals surface area contributed by atoms with E-state index in [-0.39, 0.29) is 5.97 Å². The van der Waals surface area contributed by atoms with Crippen LogP contribution in [0.25, 0.3) is 0 Å². The molecule has 2 aliphatic heterocycles. The number of ether oxygens (including phenoxy) is 2. The Labute approximate surface area is 208 Å². The molecule has 2 heterocycles. The van der Waals surface area contributed by atoms with Crippen molar-refractivity contribution in [3.05, 3.63) is 59.1 Å². The van der Waals surface area contributed by atoms with E-state index in [1.54, 1.807) is 7.11 Å². The number of carbonyl (C=O) groups excluding carboxylic acids is 1. The Morgan fingerprint density at radius 2 is 1.74 bits per heavy atom. The Morgan fingerprint density at radius 1 is 1.00 bits per heavy atom. The molecular weight excluding hydrogens is 450 g/mol. The zero-order chi connectivity index (χ0) is 23.9. The van der Waals surface area contributed by atoms with Gasteiger partial charge in [-0.25, -0.2) is 0 Å². The average Bonchev–Trinajstić information content (AvgIpc) is 2.89. The minimum Gasteiger partial charge on any atom is -0.495 e. The number of para-hydroxylation sites is 2. The number of rotatable bonds is 8. The molecule has 2 aliphatic rings. The number of carbonyl (C=O) groups is 1. The molecule has 0 aliphatic carbocycles. The highest BCUT2D eigenvalue weighted by Crippen LogP contribution is 2.32. The highest BCUT2D eigenvalue weighted by Gasteiger charge is 2.35. The number of piperazine rings is 1. The molecule has 0 amide bonds. The molecule has 7 heteroatoms. The van der Waals surface area contributed by atoms with Gasteiger partial charge in [-0.3, -0.25) is 14.6 Å². The Bertz CT molecular complexity index is 931. The van der Waals surface area contributed by atoms with Gasteiger partial charge in [0.2, 0.25) is 0 Å². The van der Waals surface area contributed by atoms with E-state index in [4.69, 9.17) is 21.1 Å². The Hall–Kier alpha value is -2.28. The number of halogens is 1. The first-order valence-electron chi connectivity index (χ1n) is 12.2. The molecule has 2 aromatic rings. The predicted octanol–water partition coefficient (Wildman–Crippen LogP) is 4.31. The molecule has 0 spiro atoms. The summed E-state index contributed by atoms with van der Waals surface area (Å²) in [5, 5.41) is 0.769. The van der Waals surface area contributed by atoms with E-state index in [9.17, 15) is 4.79 Å².